The lowest BCUT2D eigenvalue weighted by atomic mass is 9.92. The van der Waals surface area contributed by atoms with Gasteiger partial charge in [0.1, 0.15) is 11.4 Å². The monoisotopic (exact) mass is 1170 g/mol. The predicted molar refractivity (Wildman–Crippen MR) is 335 cm³/mol. The second-order valence-corrected chi connectivity index (χ2v) is 19.8. The maximum atomic E-state index is 14.4. The molecule has 20 heteroatoms. The molecule has 0 aliphatic carbocycles. The van der Waals surface area contributed by atoms with E-state index in [1.54, 1.807) is 26.2 Å². The molecule has 0 atom stereocenters. The summed E-state index contributed by atoms with van der Waals surface area (Å²) in [5.74, 6) is -2.29. The Labute approximate surface area is 504 Å². The third kappa shape index (κ3) is 11.2. The Morgan fingerprint density at radius 3 is 1.35 bits per heavy atom. The van der Waals surface area contributed by atoms with Gasteiger partial charge in [-0.1, -0.05) is 176 Å². The number of hydrogen-bond donors (Lipinski definition) is 3. The third-order valence-corrected chi connectivity index (χ3v) is 14.4. The van der Waals surface area contributed by atoms with Crippen molar-refractivity contribution < 1.29 is 32.7 Å². The van der Waals surface area contributed by atoms with Gasteiger partial charge in [-0.15, -0.1) is 5.10 Å². The van der Waals surface area contributed by atoms with Gasteiger partial charge in [-0.3, -0.25) is 24.4 Å². The zero-order valence-electron chi connectivity index (χ0n) is 46.1. The summed E-state index contributed by atoms with van der Waals surface area (Å²) >= 11 is 0. The molecular weight excluding hydrogens is 1110 g/mol. The number of carbonyl (C=O) groups excluding carboxylic acids is 4. The topological polar surface area (TPSA) is 253 Å². The van der Waals surface area contributed by atoms with Crippen molar-refractivity contribution in [1.82, 2.24) is 55.2 Å². The number of amides is 1. The van der Waals surface area contributed by atoms with Crippen LogP contribution in [-0.4, -0.2) is 86.8 Å². The van der Waals surface area contributed by atoms with Crippen molar-refractivity contribution in [2.45, 2.75) is 41.5 Å². The van der Waals surface area contributed by atoms with Crippen LogP contribution in [0.25, 0.3) is 77.7 Å². The number of benzene rings is 6. The molecule has 0 bridgehead atoms. The molecule has 6 aromatic heterocycles. The summed E-state index contributed by atoms with van der Waals surface area (Å²) in [5.41, 5.74) is 13.0. The number of esters is 1. The van der Waals surface area contributed by atoms with Crippen LogP contribution in [-0.2, 0) is 17.6 Å². The second kappa shape index (κ2) is 25.2. The van der Waals surface area contributed by atoms with Crippen LogP contribution in [0.3, 0.4) is 0 Å². The van der Waals surface area contributed by atoms with Crippen LogP contribution in [0.15, 0.2) is 215 Å². The number of nitrogens with one attached hydrogen (secondary N) is 3. The molecule has 20 nitrogen and oxygen atoms in total. The Morgan fingerprint density at radius 1 is 0.500 bits per heavy atom. The lowest BCUT2D eigenvalue weighted by molar-refractivity contribution is 0.0481. The summed E-state index contributed by atoms with van der Waals surface area (Å²) < 4.78 is 19.2. The summed E-state index contributed by atoms with van der Waals surface area (Å²) in [6.45, 7) is 4.07. The van der Waals surface area contributed by atoms with Gasteiger partial charge < -0.3 is 29.5 Å². The molecule has 0 fully saturated rings. The van der Waals surface area contributed by atoms with Crippen molar-refractivity contribution in [3.8, 4) is 44.8 Å². The number of nitrogens with zero attached hydrogens (tertiary/aromatic N) is 10. The maximum Gasteiger partial charge on any atom is 0.396 e. The van der Waals surface area contributed by atoms with Gasteiger partial charge in [0.2, 0.25) is 0 Å². The minimum Gasteiger partial charge on any atom is -0.459 e. The highest BCUT2D eigenvalue weighted by Crippen LogP contribution is 2.42. The van der Waals surface area contributed by atoms with Crippen molar-refractivity contribution in [3.05, 3.63) is 240 Å². The Kier molecular flexibility index (Phi) is 16.6. The first-order valence-corrected chi connectivity index (χ1v) is 27.6. The zero-order chi connectivity index (χ0) is 58.7. The van der Waals surface area contributed by atoms with Crippen LogP contribution in [0.4, 0.5) is 12.0 Å². The SMILES string of the molecule is C.C.CCNC(=O)c1nnc(NC2=C(c3ccc4ncccc4c3)C(=O)n3nc(-c4ccccc4)c(-c4ccccc4)c3C2)o1.CCOC(=O)c1nnc(NC2=C(c3ccc4ncccc4c3)C(=O)n3nc(-c4ccccc4)c(-c4ccccc4)c3C2)o1. The highest BCUT2D eigenvalue weighted by Gasteiger charge is 2.36. The molecule has 12 aromatic rings. The van der Waals surface area contributed by atoms with E-state index >= 15 is 0 Å². The Hall–Kier alpha value is -11.8. The molecular formula is C68H57N13O7. The summed E-state index contributed by atoms with van der Waals surface area (Å²) in [7, 11) is 0. The van der Waals surface area contributed by atoms with Crippen molar-refractivity contribution in [1.29, 1.82) is 0 Å². The second-order valence-electron chi connectivity index (χ2n) is 19.8. The van der Waals surface area contributed by atoms with E-state index in [0.29, 0.717) is 69.4 Å². The smallest absolute Gasteiger partial charge is 0.396 e. The maximum absolute atomic E-state index is 14.4. The largest absolute Gasteiger partial charge is 0.459 e. The predicted octanol–water partition coefficient (Wildman–Crippen LogP) is 12.9. The summed E-state index contributed by atoms with van der Waals surface area (Å²) in [6, 6.07) is 58.2. The first kappa shape index (κ1) is 58.0. The van der Waals surface area contributed by atoms with Crippen LogP contribution in [0, 0.1) is 0 Å². The van der Waals surface area contributed by atoms with E-state index in [1.807, 2.05) is 182 Å². The van der Waals surface area contributed by atoms with Gasteiger partial charge in [0, 0.05) is 76.2 Å². The molecule has 0 spiro atoms. The van der Waals surface area contributed by atoms with Gasteiger partial charge in [0.05, 0.1) is 40.2 Å². The van der Waals surface area contributed by atoms with Crippen LogP contribution in [0.1, 0.15) is 82.2 Å². The van der Waals surface area contributed by atoms with Crippen LogP contribution >= 0.6 is 0 Å². The van der Waals surface area contributed by atoms with E-state index in [1.165, 1.54) is 9.36 Å². The Morgan fingerprint density at radius 2 is 0.920 bits per heavy atom. The summed E-state index contributed by atoms with van der Waals surface area (Å²) in [6.07, 6.45) is 4.04. The van der Waals surface area contributed by atoms with Gasteiger partial charge in [0.25, 0.3) is 11.8 Å². The van der Waals surface area contributed by atoms with Crippen LogP contribution in [0.2, 0.25) is 0 Å². The molecule has 88 heavy (non-hydrogen) atoms. The molecule has 6 aromatic carbocycles. The number of allylic oxidation sites excluding steroid dienone is 4. The summed E-state index contributed by atoms with van der Waals surface area (Å²) in [4.78, 5) is 62.2. The fourth-order valence-corrected chi connectivity index (χ4v) is 10.6. The van der Waals surface area contributed by atoms with Gasteiger partial charge >= 0.3 is 35.7 Å². The van der Waals surface area contributed by atoms with Crippen molar-refractivity contribution >= 4 is 68.7 Å². The number of carbonyl (C=O) groups is 4. The minimum absolute atomic E-state index is 0. The lowest BCUT2D eigenvalue weighted by Crippen LogP contribution is -2.26. The van der Waals surface area contributed by atoms with E-state index < -0.39 is 11.9 Å². The van der Waals surface area contributed by atoms with Gasteiger partial charge in [-0.2, -0.15) is 19.6 Å². The van der Waals surface area contributed by atoms with E-state index in [4.69, 9.17) is 23.8 Å². The highest BCUT2D eigenvalue weighted by molar-refractivity contribution is 6.24. The van der Waals surface area contributed by atoms with Crippen molar-refractivity contribution in [2.24, 2.45) is 0 Å². The number of aromatic nitrogens is 10. The number of hydrogen-bond acceptors (Lipinski definition) is 17. The van der Waals surface area contributed by atoms with E-state index in [0.717, 1.165) is 55.2 Å². The third-order valence-electron chi connectivity index (χ3n) is 14.4. The van der Waals surface area contributed by atoms with Crippen molar-refractivity contribution in [3.63, 3.8) is 0 Å². The van der Waals surface area contributed by atoms with Crippen LogP contribution < -0.4 is 16.0 Å². The molecule has 436 valence electrons. The standard InChI is InChI=1S/C33H25N7O3.C33H24N6O4.2CH4/c1-2-34-30(41)31-37-38-33(43-31)36-25-19-26-28(20-10-5-3-6-11-20)29(21-12-7-4-8-13-21)39-40(26)32(42)27(25)23-15-16-24-22(18-23)14-9-17-35-24;1-2-42-32(41)30-36-37-33(43-30)35-25-19-26-28(20-10-5-3-6-11-20)29(21-12-7-4-8-13-21)38-39(26)31(40)27(25)23-15-16-24-22(18-23)14-9-17-34-24;;/h3-18H,2,19H2,1H3,(H,34,41)(H,36,38);3-18H,2,19H2,1H3,(H,35,37);2*1H4. The molecule has 0 radical (unpaired) electrons. The van der Waals surface area contributed by atoms with Crippen LogP contribution in [0.5, 0.6) is 0 Å². The molecule has 14 rings (SSSR count). The average Bonchev–Trinajstić information content (AvgIpc) is 1.61. The fraction of sp³-hybridized carbons (Fsp3) is 0.118. The molecule has 1 amide bonds. The average molecular weight is 1170 g/mol. The quantitative estimate of drug-likeness (QED) is 0.0856. The zero-order valence-corrected chi connectivity index (χ0v) is 46.1. The fourth-order valence-electron chi connectivity index (χ4n) is 10.6. The molecule has 0 saturated heterocycles. The van der Waals surface area contributed by atoms with Gasteiger partial charge in [-0.25, -0.2) is 4.79 Å². The normalized spacial score (nSPS) is 12.5. The van der Waals surface area contributed by atoms with E-state index in [2.05, 4.69) is 46.3 Å². The van der Waals surface area contributed by atoms with E-state index in [-0.39, 0.29) is 63.5 Å². The molecule has 0 saturated carbocycles. The number of fused-ring (bicyclic) bond motifs is 4. The Bertz CT molecular complexity index is 4350. The minimum atomic E-state index is -0.726. The first-order chi connectivity index (χ1) is 42.2. The Balaban J connectivity index is 0.000000178. The molecule has 8 heterocycles. The highest BCUT2D eigenvalue weighted by atomic mass is 16.5. The number of anilines is 2. The lowest BCUT2D eigenvalue weighted by Gasteiger charge is -2.22. The molecule has 0 unspecified atom stereocenters. The number of rotatable bonds is 14. The number of ether oxygens (including phenoxy) is 1. The first-order valence-electron chi connectivity index (χ1n) is 27.6. The molecule has 2 aliphatic rings. The summed E-state index contributed by atoms with van der Waals surface area (Å²) in [5, 5.41) is 36.3. The van der Waals surface area contributed by atoms with Gasteiger partial charge in [0.15, 0.2) is 0 Å². The van der Waals surface area contributed by atoms with Crippen molar-refractivity contribution in [2.75, 3.05) is 23.8 Å². The molecule has 2 aliphatic heterocycles. The van der Waals surface area contributed by atoms with E-state index in [9.17, 15) is 19.2 Å². The molecule has 3 N–H and O–H groups in total. The van der Waals surface area contributed by atoms with Gasteiger partial charge in [-0.05, 0) is 72.5 Å². The number of pyridine rings is 2.